The molecule has 0 aliphatic carbocycles. The number of nitrogens with zero attached hydrogens (tertiary/aromatic N) is 2. The van der Waals surface area contributed by atoms with E-state index in [4.69, 9.17) is 14.9 Å². The summed E-state index contributed by atoms with van der Waals surface area (Å²) in [6.07, 6.45) is 2.65. The van der Waals surface area contributed by atoms with E-state index in [2.05, 4.69) is 10.2 Å². The monoisotopic (exact) mass is 321 g/mol. The zero-order valence-electron chi connectivity index (χ0n) is 13.7. The van der Waals surface area contributed by atoms with E-state index < -0.39 is 0 Å². The van der Waals surface area contributed by atoms with Gasteiger partial charge in [-0.1, -0.05) is 11.8 Å². The lowest BCUT2D eigenvalue weighted by molar-refractivity contribution is 0.0783. The number of ether oxygens (including phenoxy) is 1. The zero-order chi connectivity index (χ0) is 16.4. The molecule has 0 spiro atoms. The Morgan fingerprint density at radius 1 is 1.14 bits per heavy atom. The lowest BCUT2D eigenvalue weighted by atomic mass is 9.90. The molecule has 5 nitrogen and oxygen atoms in total. The normalized spacial score (nSPS) is 12.5. The van der Waals surface area contributed by atoms with Gasteiger partial charge in [0.2, 0.25) is 5.89 Å². The van der Waals surface area contributed by atoms with E-state index in [1.165, 1.54) is 11.8 Å². The highest BCUT2D eigenvalue weighted by Gasteiger charge is 2.27. The molecule has 0 aliphatic rings. The van der Waals surface area contributed by atoms with Gasteiger partial charge in [0.15, 0.2) is 0 Å². The van der Waals surface area contributed by atoms with E-state index in [1.54, 1.807) is 0 Å². The molecule has 0 saturated heterocycles. The third-order valence-electron chi connectivity index (χ3n) is 2.96. The third-order valence-corrected chi connectivity index (χ3v) is 3.47. The first-order chi connectivity index (χ1) is 10.2. The lowest BCUT2D eigenvalue weighted by Gasteiger charge is -2.33. The molecular formula is C16H23N3O2S. The molecule has 2 rings (SSSR count). The molecule has 2 aromatic rings. The minimum Gasteiger partial charge on any atom is -0.488 e. The van der Waals surface area contributed by atoms with Crippen LogP contribution in [0.5, 0.6) is 5.75 Å². The van der Waals surface area contributed by atoms with Crippen molar-refractivity contribution in [1.82, 2.24) is 10.2 Å². The predicted octanol–water partition coefficient (Wildman–Crippen LogP) is 3.74. The summed E-state index contributed by atoms with van der Waals surface area (Å²) in [6.45, 7) is 8.08. The SMILES string of the molecule is CSc1nnc(-c2ccc(OC(C)(C)CC(C)(C)N)cc2)o1. The van der Waals surface area contributed by atoms with Gasteiger partial charge in [-0.3, -0.25) is 0 Å². The second kappa shape index (κ2) is 6.30. The molecule has 0 amide bonds. The Bertz CT molecular complexity index is 615. The summed E-state index contributed by atoms with van der Waals surface area (Å²) < 4.78 is 11.6. The summed E-state index contributed by atoms with van der Waals surface area (Å²) in [7, 11) is 0. The van der Waals surface area contributed by atoms with Crippen LogP contribution in [0.2, 0.25) is 0 Å². The summed E-state index contributed by atoms with van der Waals surface area (Å²) in [5, 5.41) is 8.51. The average Bonchev–Trinajstić information content (AvgIpc) is 2.85. The highest BCUT2D eigenvalue weighted by Crippen LogP contribution is 2.28. The van der Waals surface area contributed by atoms with Crippen molar-refractivity contribution in [2.75, 3.05) is 6.26 Å². The van der Waals surface area contributed by atoms with Crippen LogP contribution in [0.4, 0.5) is 0 Å². The summed E-state index contributed by atoms with van der Waals surface area (Å²) in [4.78, 5) is 0. The van der Waals surface area contributed by atoms with Crippen molar-refractivity contribution in [3.63, 3.8) is 0 Å². The lowest BCUT2D eigenvalue weighted by Crippen LogP contribution is -2.43. The van der Waals surface area contributed by atoms with Crippen LogP contribution in [0, 0.1) is 0 Å². The minimum absolute atomic E-state index is 0.276. The van der Waals surface area contributed by atoms with Crippen LogP contribution in [-0.2, 0) is 0 Å². The van der Waals surface area contributed by atoms with E-state index in [-0.39, 0.29) is 11.1 Å². The smallest absolute Gasteiger partial charge is 0.276 e. The average molecular weight is 321 g/mol. The van der Waals surface area contributed by atoms with E-state index in [0.717, 1.165) is 17.7 Å². The Morgan fingerprint density at radius 3 is 2.27 bits per heavy atom. The summed E-state index contributed by atoms with van der Waals surface area (Å²) in [5.74, 6) is 1.31. The van der Waals surface area contributed by atoms with Gasteiger partial charge in [0, 0.05) is 17.5 Å². The molecule has 0 unspecified atom stereocenters. The van der Waals surface area contributed by atoms with Crippen LogP contribution >= 0.6 is 11.8 Å². The van der Waals surface area contributed by atoms with Crippen molar-refractivity contribution in [3.8, 4) is 17.2 Å². The van der Waals surface area contributed by atoms with Crippen LogP contribution in [0.1, 0.15) is 34.1 Å². The van der Waals surface area contributed by atoms with Crippen molar-refractivity contribution in [3.05, 3.63) is 24.3 Å². The second-order valence-corrected chi connectivity index (χ2v) is 7.39. The molecule has 1 heterocycles. The molecular weight excluding hydrogens is 298 g/mol. The summed E-state index contributed by atoms with van der Waals surface area (Å²) in [5.41, 5.74) is 6.34. The second-order valence-electron chi connectivity index (χ2n) is 6.63. The number of aromatic nitrogens is 2. The Morgan fingerprint density at radius 2 is 1.77 bits per heavy atom. The van der Waals surface area contributed by atoms with Gasteiger partial charge in [-0.25, -0.2) is 0 Å². The van der Waals surface area contributed by atoms with Crippen LogP contribution in [0.25, 0.3) is 11.5 Å². The topological polar surface area (TPSA) is 74.2 Å². The van der Waals surface area contributed by atoms with Crippen LogP contribution in [-0.4, -0.2) is 27.6 Å². The summed E-state index contributed by atoms with van der Waals surface area (Å²) >= 11 is 1.42. The maximum Gasteiger partial charge on any atom is 0.276 e. The quantitative estimate of drug-likeness (QED) is 0.817. The van der Waals surface area contributed by atoms with Crippen LogP contribution in [0.3, 0.4) is 0 Å². The maximum atomic E-state index is 6.08. The molecule has 22 heavy (non-hydrogen) atoms. The van der Waals surface area contributed by atoms with Crippen molar-refractivity contribution < 1.29 is 9.15 Å². The van der Waals surface area contributed by atoms with Gasteiger partial charge in [0.1, 0.15) is 11.4 Å². The fourth-order valence-corrected chi connectivity index (χ4v) is 2.81. The van der Waals surface area contributed by atoms with Gasteiger partial charge >= 0.3 is 0 Å². The molecule has 0 aliphatic heterocycles. The Kier molecular flexibility index (Phi) is 4.82. The number of hydrogen-bond acceptors (Lipinski definition) is 6. The first kappa shape index (κ1) is 16.8. The van der Waals surface area contributed by atoms with Crippen molar-refractivity contribution in [1.29, 1.82) is 0 Å². The number of hydrogen-bond donors (Lipinski definition) is 1. The van der Waals surface area contributed by atoms with E-state index in [0.29, 0.717) is 11.1 Å². The highest BCUT2D eigenvalue weighted by atomic mass is 32.2. The van der Waals surface area contributed by atoms with Gasteiger partial charge in [-0.05, 0) is 58.2 Å². The number of nitrogens with two attached hydrogens (primary N) is 1. The molecule has 0 radical (unpaired) electrons. The fraction of sp³-hybridized carbons (Fsp3) is 0.500. The van der Waals surface area contributed by atoms with Gasteiger partial charge < -0.3 is 14.9 Å². The van der Waals surface area contributed by atoms with Gasteiger partial charge in [0.05, 0.1) is 0 Å². The molecule has 0 bridgehead atoms. The van der Waals surface area contributed by atoms with Gasteiger partial charge in [-0.2, -0.15) is 0 Å². The van der Waals surface area contributed by atoms with Gasteiger partial charge in [-0.15, -0.1) is 10.2 Å². The van der Waals surface area contributed by atoms with Gasteiger partial charge in [0.25, 0.3) is 5.22 Å². The fourth-order valence-electron chi connectivity index (χ4n) is 2.53. The Balaban J connectivity index is 2.08. The van der Waals surface area contributed by atoms with Crippen molar-refractivity contribution in [2.24, 2.45) is 5.73 Å². The predicted molar refractivity (Wildman–Crippen MR) is 89.1 cm³/mol. The molecule has 0 fully saturated rings. The third kappa shape index (κ3) is 4.74. The molecule has 1 aromatic heterocycles. The first-order valence-electron chi connectivity index (χ1n) is 7.14. The van der Waals surface area contributed by atoms with Crippen molar-refractivity contribution >= 4 is 11.8 Å². The van der Waals surface area contributed by atoms with Crippen LogP contribution < -0.4 is 10.5 Å². The molecule has 2 N–H and O–H groups in total. The zero-order valence-corrected chi connectivity index (χ0v) is 14.5. The van der Waals surface area contributed by atoms with Crippen LogP contribution in [0.15, 0.2) is 33.9 Å². The standard InChI is InChI=1S/C16H23N3O2S/c1-15(2,17)10-16(3,4)21-12-8-6-11(7-9-12)13-18-19-14(20-13)22-5/h6-9H,10,17H2,1-5H3. The Hall–Kier alpha value is -1.53. The molecule has 0 saturated carbocycles. The largest absolute Gasteiger partial charge is 0.488 e. The van der Waals surface area contributed by atoms with E-state index >= 15 is 0 Å². The number of benzene rings is 1. The maximum absolute atomic E-state index is 6.08. The highest BCUT2D eigenvalue weighted by molar-refractivity contribution is 7.98. The minimum atomic E-state index is -0.337. The molecule has 120 valence electrons. The van der Waals surface area contributed by atoms with Crippen molar-refractivity contribution in [2.45, 2.75) is 50.5 Å². The summed E-state index contributed by atoms with van der Waals surface area (Å²) in [6, 6.07) is 7.64. The molecule has 6 heteroatoms. The number of rotatable bonds is 6. The number of thioether (sulfide) groups is 1. The first-order valence-corrected chi connectivity index (χ1v) is 8.37. The Labute approximate surface area is 135 Å². The molecule has 0 atom stereocenters. The van der Waals surface area contributed by atoms with E-state index in [1.807, 2.05) is 58.2 Å². The molecule has 1 aromatic carbocycles. The van der Waals surface area contributed by atoms with E-state index in [9.17, 15) is 0 Å².